The van der Waals surface area contributed by atoms with Crippen LogP contribution in [0.4, 0.5) is 10.1 Å². The van der Waals surface area contributed by atoms with Gasteiger partial charge in [-0.2, -0.15) is 0 Å². The van der Waals surface area contributed by atoms with E-state index in [4.69, 9.17) is 5.11 Å². The first-order valence-electron chi connectivity index (χ1n) is 5.68. The third kappa shape index (κ3) is 2.80. The molecule has 104 valence electrons. The Hall–Kier alpha value is -2.35. The smallest absolute Gasteiger partial charge is 0.338 e. The third-order valence-electron chi connectivity index (χ3n) is 2.55. The average molecular weight is 295 g/mol. The van der Waals surface area contributed by atoms with E-state index in [0.29, 0.717) is 17.0 Å². The zero-order chi connectivity index (χ0) is 14.7. The molecule has 0 aliphatic heterocycles. The molecule has 0 aliphatic carbocycles. The molecule has 2 rings (SSSR count). The fourth-order valence-electron chi connectivity index (χ4n) is 1.57. The molecule has 0 bridgehead atoms. The minimum Gasteiger partial charge on any atom is -0.478 e. The molecule has 2 N–H and O–H groups in total. The fourth-order valence-corrected chi connectivity index (χ4v) is 2.21. The van der Waals surface area contributed by atoms with Gasteiger partial charge < -0.3 is 10.4 Å². The zero-order valence-electron chi connectivity index (χ0n) is 10.4. The standard InChI is InChI=1S/C12H10FN3O3S/c1-2-9-10(20-16-15-9)11(17)14-6-3-4-8(13)7(5-6)12(18)19/h3-5H,2H2,1H3,(H,14,17)(H,18,19). The summed E-state index contributed by atoms with van der Waals surface area (Å²) < 4.78 is 16.9. The van der Waals surface area contributed by atoms with Crippen LogP contribution in [0, 0.1) is 5.82 Å². The Labute approximate surface area is 117 Å². The van der Waals surface area contributed by atoms with Crippen LogP contribution in [0.25, 0.3) is 0 Å². The quantitative estimate of drug-likeness (QED) is 0.902. The predicted molar refractivity (Wildman–Crippen MR) is 70.6 cm³/mol. The summed E-state index contributed by atoms with van der Waals surface area (Å²) in [6.07, 6.45) is 0.559. The number of aromatic nitrogens is 2. The Bertz CT molecular complexity index is 672. The predicted octanol–water partition coefficient (Wildman–Crippen LogP) is 2.19. The number of carboxylic acid groups (broad SMARTS) is 1. The molecule has 0 unspecified atom stereocenters. The van der Waals surface area contributed by atoms with Crippen molar-refractivity contribution in [1.29, 1.82) is 0 Å². The van der Waals surface area contributed by atoms with Crippen molar-refractivity contribution in [2.45, 2.75) is 13.3 Å². The molecule has 1 aromatic carbocycles. The van der Waals surface area contributed by atoms with Gasteiger partial charge in [-0.3, -0.25) is 4.79 Å². The van der Waals surface area contributed by atoms with Crippen LogP contribution in [0.15, 0.2) is 18.2 Å². The van der Waals surface area contributed by atoms with Crippen LogP contribution in [0.1, 0.15) is 32.6 Å². The van der Waals surface area contributed by atoms with Crippen molar-refractivity contribution < 1.29 is 19.1 Å². The topological polar surface area (TPSA) is 92.2 Å². The van der Waals surface area contributed by atoms with Gasteiger partial charge >= 0.3 is 5.97 Å². The molecule has 0 atom stereocenters. The Morgan fingerprint density at radius 2 is 2.20 bits per heavy atom. The van der Waals surface area contributed by atoms with E-state index in [1.807, 2.05) is 6.92 Å². The molecule has 8 heteroatoms. The van der Waals surface area contributed by atoms with Gasteiger partial charge in [0.25, 0.3) is 5.91 Å². The number of aryl methyl sites for hydroxylation is 1. The second kappa shape index (κ2) is 5.74. The number of anilines is 1. The van der Waals surface area contributed by atoms with Crippen molar-refractivity contribution in [3.8, 4) is 0 Å². The van der Waals surface area contributed by atoms with Crippen LogP contribution < -0.4 is 5.32 Å². The van der Waals surface area contributed by atoms with Crippen molar-refractivity contribution in [1.82, 2.24) is 9.59 Å². The van der Waals surface area contributed by atoms with E-state index in [2.05, 4.69) is 14.9 Å². The molecule has 0 spiro atoms. The number of carbonyl (C=O) groups excluding carboxylic acids is 1. The highest BCUT2D eigenvalue weighted by molar-refractivity contribution is 7.08. The Morgan fingerprint density at radius 3 is 2.85 bits per heavy atom. The van der Waals surface area contributed by atoms with E-state index in [1.165, 1.54) is 6.07 Å². The highest BCUT2D eigenvalue weighted by Crippen LogP contribution is 2.18. The monoisotopic (exact) mass is 295 g/mol. The molecule has 2 aromatic rings. The van der Waals surface area contributed by atoms with Crippen LogP contribution in [0.2, 0.25) is 0 Å². The molecule has 1 amide bonds. The third-order valence-corrected chi connectivity index (χ3v) is 3.32. The van der Waals surface area contributed by atoms with E-state index in [9.17, 15) is 14.0 Å². The number of rotatable bonds is 4. The van der Waals surface area contributed by atoms with E-state index >= 15 is 0 Å². The highest BCUT2D eigenvalue weighted by atomic mass is 32.1. The average Bonchev–Trinajstić information content (AvgIpc) is 2.89. The van der Waals surface area contributed by atoms with Gasteiger partial charge in [-0.25, -0.2) is 9.18 Å². The second-order valence-corrected chi connectivity index (χ2v) is 4.61. The molecule has 0 radical (unpaired) electrons. The number of aromatic carboxylic acids is 1. The number of hydrogen-bond donors (Lipinski definition) is 2. The van der Waals surface area contributed by atoms with Crippen LogP contribution in [0.5, 0.6) is 0 Å². The summed E-state index contributed by atoms with van der Waals surface area (Å²) in [7, 11) is 0. The van der Waals surface area contributed by atoms with Gasteiger partial charge in [0.05, 0.1) is 11.3 Å². The van der Waals surface area contributed by atoms with Crippen molar-refractivity contribution in [3.05, 3.63) is 40.2 Å². The lowest BCUT2D eigenvalue weighted by atomic mass is 10.2. The number of carbonyl (C=O) groups is 2. The summed E-state index contributed by atoms with van der Waals surface area (Å²) in [5.74, 6) is -2.70. The number of hydrogen-bond acceptors (Lipinski definition) is 5. The first kappa shape index (κ1) is 14.1. The van der Waals surface area contributed by atoms with Gasteiger partial charge in [-0.05, 0) is 36.2 Å². The maximum absolute atomic E-state index is 13.2. The lowest BCUT2D eigenvalue weighted by molar-refractivity contribution is 0.0691. The van der Waals surface area contributed by atoms with Gasteiger partial charge in [0.2, 0.25) is 0 Å². The van der Waals surface area contributed by atoms with Crippen molar-refractivity contribution in [2.75, 3.05) is 5.32 Å². The summed E-state index contributed by atoms with van der Waals surface area (Å²) in [5, 5.41) is 15.1. The first-order chi connectivity index (χ1) is 9.52. The number of nitrogens with one attached hydrogen (secondary N) is 1. The first-order valence-corrected chi connectivity index (χ1v) is 6.45. The Kier molecular flexibility index (Phi) is 4.04. The summed E-state index contributed by atoms with van der Waals surface area (Å²) in [6, 6.07) is 3.35. The summed E-state index contributed by atoms with van der Waals surface area (Å²) in [4.78, 5) is 23.2. The SMILES string of the molecule is CCc1nnsc1C(=O)Nc1ccc(F)c(C(=O)O)c1. The van der Waals surface area contributed by atoms with Crippen molar-refractivity contribution in [2.24, 2.45) is 0 Å². The van der Waals surface area contributed by atoms with E-state index < -0.39 is 23.3 Å². The van der Waals surface area contributed by atoms with E-state index in [1.54, 1.807) is 0 Å². The molecule has 0 saturated heterocycles. The van der Waals surface area contributed by atoms with E-state index in [-0.39, 0.29) is 5.69 Å². The van der Waals surface area contributed by atoms with Gasteiger partial charge in [-0.1, -0.05) is 11.4 Å². The maximum Gasteiger partial charge on any atom is 0.338 e. The largest absolute Gasteiger partial charge is 0.478 e. The fraction of sp³-hybridized carbons (Fsp3) is 0.167. The number of benzene rings is 1. The molecule has 20 heavy (non-hydrogen) atoms. The van der Waals surface area contributed by atoms with E-state index in [0.717, 1.165) is 23.7 Å². The molecule has 1 aromatic heterocycles. The van der Waals surface area contributed by atoms with Crippen LogP contribution in [-0.4, -0.2) is 26.6 Å². The number of halogens is 1. The number of amides is 1. The molecular weight excluding hydrogens is 285 g/mol. The van der Waals surface area contributed by atoms with Crippen LogP contribution >= 0.6 is 11.5 Å². The Balaban J connectivity index is 2.24. The normalized spacial score (nSPS) is 10.3. The highest BCUT2D eigenvalue weighted by Gasteiger charge is 2.17. The van der Waals surface area contributed by atoms with Gasteiger partial charge in [0.15, 0.2) is 0 Å². The minimum atomic E-state index is -1.40. The van der Waals surface area contributed by atoms with Crippen LogP contribution in [0.3, 0.4) is 0 Å². The molecule has 1 heterocycles. The molecule has 0 saturated carbocycles. The van der Waals surface area contributed by atoms with Crippen molar-refractivity contribution >= 4 is 29.1 Å². The van der Waals surface area contributed by atoms with Gasteiger partial charge in [0.1, 0.15) is 10.7 Å². The number of carboxylic acids is 1. The van der Waals surface area contributed by atoms with Crippen molar-refractivity contribution in [3.63, 3.8) is 0 Å². The lowest BCUT2D eigenvalue weighted by Crippen LogP contribution is -2.13. The molecule has 0 fully saturated rings. The van der Waals surface area contributed by atoms with Crippen LogP contribution in [-0.2, 0) is 6.42 Å². The number of nitrogens with zero attached hydrogens (tertiary/aromatic N) is 2. The van der Waals surface area contributed by atoms with Gasteiger partial charge in [0, 0.05) is 5.69 Å². The molecule has 6 nitrogen and oxygen atoms in total. The maximum atomic E-state index is 13.2. The summed E-state index contributed by atoms with van der Waals surface area (Å²) >= 11 is 0.952. The second-order valence-electron chi connectivity index (χ2n) is 3.86. The van der Waals surface area contributed by atoms with Gasteiger partial charge in [-0.15, -0.1) is 5.10 Å². The molecule has 0 aliphatic rings. The summed E-state index contributed by atoms with van der Waals surface area (Å²) in [5.41, 5.74) is 0.262. The zero-order valence-corrected chi connectivity index (χ0v) is 11.2. The molecular formula is C12H10FN3O3S. The lowest BCUT2D eigenvalue weighted by Gasteiger charge is -2.05. The minimum absolute atomic E-state index is 0.198. The summed E-state index contributed by atoms with van der Waals surface area (Å²) in [6.45, 7) is 1.84. The Morgan fingerprint density at radius 1 is 1.45 bits per heavy atom.